The Balaban J connectivity index is 0. The van der Waals surface area contributed by atoms with Crippen molar-refractivity contribution in [2.24, 2.45) is 0 Å². The Kier molecular flexibility index (Phi) is 8.62. The molecule has 0 fully saturated rings. The molecular weight excluding hydrogens is 208 g/mol. The number of hydrogen-bond acceptors (Lipinski definition) is 1. The van der Waals surface area contributed by atoms with Crippen LogP contribution in [0.2, 0.25) is 0 Å². The summed E-state index contributed by atoms with van der Waals surface area (Å²) in [6, 6.07) is 0. The molecule has 0 aliphatic heterocycles. The van der Waals surface area contributed by atoms with Crippen LogP contribution in [-0.2, 0) is 26.5 Å². The van der Waals surface area contributed by atoms with Crippen LogP contribution in [0.25, 0.3) is 0 Å². The van der Waals surface area contributed by atoms with Gasteiger partial charge in [-0.25, -0.2) is 0 Å². The molecule has 1 rings (SSSR count). The van der Waals surface area contributed by atoms with Crippen LogP contribution in [0.3, 0.4) is 0 Å². The first-order valence-corrected chi connectivity index (χ1v) is 4.57. The van der Waals surface area contributed by atoms with Gasteiger partial charge in [-0.15, -0.1) is 0 Å². The minimum absolute atomic E-state index is 0. The van der Waals surface area contributed by atoms with Crippen LogP contribution in [0.15, 0.2) is 0 Å². The zero-order chi connectivity index (χ0) is 10.6. The van der Waals surface area contributed by atoms with Crippen molar-refractivity contribution in [3.8, 4) is 0 Å². The molecule has 0 aromatic heterocycles. The van der Waals surface area contributed by atoms with Crippen molar-refractivity contribution in [2.45, 2.75) is 34.6 Å². The quantitative estimate of drug-likeness (QED) is 0.490. The summed E-state index contributed by atoms with van der Waals surface area (Å²) in [6.07, 6.45) is 0. The van der Waals surface area contributed by atoms with Crippen molar-refractivity contribution >= 4 is 0 Å². The number of methoxy groups -OCH3 is 1. The smallest absolute Gasteiger partial charge is 0.0351 e. The van der Waals surface area contributed by atoms with Crippen molar-refractivity contribution in [1.29, 1.82) is 0 Å². The summed E-state index contributed by atoms with van der Waals surface area (Å²) in [5.41, 5.74) is 7.34. The van der Waals surface area contributed by atoms with Gasteiger partial charge in [0.1, 0.15) is 0 Å². The summed E-state index contributed by atoms with van der Waals surface area (Å²) >= 11 is 0. The molecule has 0 heterocycles. The van der Waals surface area contributed by atoms with Gasteiger partial charge in [-0.2, -0.15) is 27.8 Å². The Morgan fingerprint density at radius 2 is 1.07 bits per heavy atom. The van der Waals surface area contributed by atoms with E-state index >= 15 is 0 Å². The topological polar surface area (TPSA) is 9.23 Å². The van der Waals surface area contributed by atoms with Gasteiger partial charge in [0.05, 0.1) is 0 Å². The number of hydrogen-bond donors (Lipinski definition) is 0. The second-order valence-corrected chi connectivity index (χ2v) is 3.53. The first-order valence-electron chi connectivity index (χ1n) is 4.57. The number of ether oxygens (including phenoxy) is 1. The van der Waals surface area contributed by atoms with Crippen LogP contribution < -0.4 is 0 Å². The fourth-order valence-corrected chi connectivity index (χ4v) is 1.41. The van der Waals surface area contributed by atoms with Crippen LogP contribution in [0.4, 0.5) is 0 Å². The van der Waals surface area contributed by atoms with E-state index in [-0.39, 0.29) is 21.7 Å². The molecule has 0 N–H and O–H groups in total. The summed E-state index contributed by atoms with van der Waals surface area (Å²) in [5, 5.41) is 0. The predicted molar refractivity (Wildman–Crippen MR) is 58.7 cm³/mol. The van der Waals surface area contributed by atoms with E-state index in [1.807, 2.05) is 0 Å². The molecular formula is C12H21OTi-. The summed E-state index contributed by atoms with van der Waals surface area (Å²) in [6.45, 7) is 11.0. The monoisotopic (exact) mass is 229 g/mol. The predicted octanol–water partition coefficient (Wildman–Crippen LogP) is 3.21. The molecule has 2 heteroatoms. The first-order chi connectivity index (χ1) is 5.97. The van der Waals surface area contributed by atoms with Gasteiger partial charge in [0.25, 0.3) is 0 Å². The van der Waals surface area contributed by atoms with Gasteiger partial charge in [0.15, 0.2) is 0 Å². The van der Waals surface area contributed by atoms with E-state index < -0.39 is 0 Å². The van der Waals surface area contributed by atoms with Crippen LogP contribution >= 0.6 is 0 Å². The molecule has 0 unspecified atom stereocenters. The maximum Gasteiger partial charge on any atom is 0.0351 e. The molecule has 0 saturated carbocycles. The molecule has 0 radical (unpaired) electrons. The molecule has 1 aromatic carbocycles. The molecule has 0 atom stereocenters. The van der Waals surface area contributed by atoms with E-state index in [1.165, 1.54) is 27.8 Å². The molecule has 1 aromatic rings. The van der Waals surface area contributed by atoms with Crippen LogP contribution in [0, 0.1) is 34.6 Å². The molecule has 0 bridgehead atoms. The van der Waals surface area contributed by atoms with Gasteiger partial charge in [-0.05, 0) is 0 Å². The third-order valence-corrected chi connectivity index (χ3v) is 2.81. The molecule has 0 aliphatic rings. The molecule has 14 heavy (non-hydrogen) atoms. The fraction of sp³-hybridized carbons (Fsp3) is 0.583. The van der Waals surface area contributed by atoms with Gasteiger partial charge in [-0.1, -0.05) is 34.6 Å². The zero-order valence-electron chi connectivity index (χ0n) is 10.4. The molecule has 0 amide bonds. The van der Waals surface area contributed by atoms with Crippen LogP contribution in [-0.4, -0.2) is 14.2 Å². The van der Waals surface area contributed by atoms with E-state index in [9.17, 15) is 0 Å². The van der Waals surface area contributed by atoms with E-state index in [0.717, 1.165) is 0 Å². The summed E-state index contributed by atoms with van der Waals surface area (Å²) in [7, 11) is 3.25. The first kappa shape index (κ1) is 16.5. The van der Waals surface area contributed by atoms with Gasteiger partial charge in [0.2, 0.25) is 0 Å². The molecule has 0 spiro atoms. The minimum atomic E-state index is 0. The average molecular weight is 229 g/mol. The zero-order valence-corrected chi connectivity index (χ0v) is 12.0. The van der Waals surface area contributed by atoms with E-state index in [0.29, 0.717) is 0 Å². The van der Waals surface area contributed by atoms with E-state index in [1.54, 1.807) is 14.2 Å². The molecule has 0 saturated heterocycles. The number of rotatable bonds is 0. The average Bonchev–Trinajstić information content (AvgIpc) is 2.25. The SMILES string of the molecule is COC.Cc1c(C)c(C)[c-](C)c1C.[Ti]. The van der Waals surface area contributed by atoms with Crippen molar-refractivity contribution in [3.63, 3.8) is 0 Å². The third-order valence-electron chi connectivity index (χ3n) is 2.81. The van der Waals surface area contributed by atoms with Crippen molar-refractivity contribution in [1.82, 2.24) is 0 Å². The van der Waals surface area contributed by atoms with Gasteiger partial charge in [0, 0.05) is 35.9 Å². The molecule has 0 aliphatic carbocycles. The van der Waals surface area contributed by atoms with E-state index in [4.69, 9.17) is 0 Å². The van der Waals surface area contributed by atoms with Crippen molar-refractivity contribution in [3.05, 3.63) is 27.8 Å². The maximum atomic E-state index is 4.25. The van der Waals surface area contributed by atoms with Gasteiger partial charge in [-0.3, -0.25) is 0 Å². The van der Waals surface area contributed by atoms with Crippen LogP contribution in [0.1, 0.15) is 27.8 Å². The Hall–Kier alpha value is 0.0243. The second kappa shape index (κ2) is 7.33. The normalized spacial score (nSPS) is 8.79. The van der Waals surface area contributed by atoms with E-state index in [2.05, 4.69) is 39.4 Å². The van der Waals surface area contributed by atoms with Gasteiger partial charge >= 0.3 is 0 Å². The Morgan fingerprint density at radius 3 is 1.14 bits per heavy atom. The molecule has 80 valence electrons. The fourth-order valence-electron chi connectivity index (χ4n) is 1.41. The minimum Gasteiger partial charge on any atom is -0.388 e. The maximum absolute atomic E-state index is 4.25. The Morgan fingerprint density at radius 1 is 0.857 bits per heavy atom. The summed E-state index contributed by atoms with van der Waals surface area (Å²) in [5.74, 6) is 0. The van der Waals surface area contributed by atoms with Crippen LogP contribution in [0.5, 0.6) is 0 Å². The van der Waals surface area contributed by atoms with Crippen molar-refractivity contribution in [2.75, 3.05) is 14.2 Å². The Labute approximate surface area is 103 Å². The molecule has 1 nitrogen and oxygen atoms in total. The largest absolute Gasteiger partial charge is 0.388 e. The Bertz CT molecular complexity index is 194. The second-order valence-electron chi connectivity index (χ2n) is 3.53. The summed E-state index contributed by atoms with van der Waals surface area (Å²) in [4.78, 5) is 0. The van der Waals surface area contributed by atoms with Gasteiger partial charge < -0.3 is 4.74 Å². The summed E-state index contributed by atoms with van der Waals surface area (Å²) < 4.78 is 4.25. The third kappa shape index (κ3) is 3.64. The van der Waals surface area contributed by atoms with Crippen molar-refractivity contribution < 1.29 is 26.5 Å². The standard InChI is InChI=1S/C10H15.C2H6O.Ti/c1-6-7(2)9(4)10(5)8(6)3;1-3-2;/h1-5H3;1-2H3;/q-1;;.